The van der Waals surface area contributed by atoms with Crippen LogP contribution in [0.25, 0.3) is 0 Å². The second-order valence-electron chi connectivity index (χ2n) is 5.29. The first-order chi connectivity index (χ1) is 9.38. The molecule has 4 amide bonds. The average molecular weight is 283 g/mol. The van der Waals surface area contributed by atoms with E-state index in [4.69, 9.17) is 0 Å². The zero-order chi connectivity index (χ0) is 14.9. The Labute approximate surface area is 115 Å². The minimum atomic E-state index is -1.06. The summed E-state index contributed by atoms with van der Waals surface area (Å²) < 4.78 is 0. The molecule has 0 bridgehead atoms. The Morgan fingerprint density at radius 2 is 1.85 bits per heavy atom. The van der Waals surface area contributed by atoms with Crippen LogP contribution in [-0.2, 0) is 14.4 Å². The summed E-state index contributed by atoms with van der Waals surface area (Å²) in [5.74, 6) is -1.93. The van der Waals surface area contributed by atoms with E-state index in [1.165, 1.54) is 4.90 Å². The lowest BCUT2D eigenvalue weighted by atomic mass is 9.92. The zero-order valence-electron chi connectivity index (χ0n) is 11.2. The Kier molecular flexibility index (Phi) is 3.91. The number of urea groups is 1. The molecule has 2 heterocycles. The van der Waals surface area contributed by atoms with Crippen molar-refractivity contribution in [3.8, 4) is 0 Å². The molecule has 0 radical (unpaired) electrons. The summed E-state index contributed by atoms with van der Waals surface area (Å²) in [5, 5.41) is 11.3. The molecular formula is C12H17N3O5. The number of amides is 4. The van der Waals surface area contributed by atoms with Gasteiger partial charge in [-0.15, -0.1) is 0 Å². The van der Waals surface area contributed by atoms with E-state index < -0.39 is 29.9 Å². The van der Waals surface area contributed by atoms with Crippen molar-refractivity contribution < 1.29 is 24.3 Å². The van der Waals surface area contributed by atoms with E-state index in [0.29, 0.717) is 19.4 Å². The molecule has 2 atom stereocenters. The molecule has 20 heavy (non-hydrogen) atoms. The van der Waals surface area contributed by atoms with Crippen LogP contribution in [0.2, 0.25) is 0 Å². The van der Waals surface area contributed by atoms with Gasteiger partial charge in [0.1, 0.15) is 19.1 Å². The van der Waals surface area contributed by atoms with Crippen molar-refractivity contribution in [3.05, 3.63) is 0 Å². The van der Waals surface area contributed by atoms with Gasteiger partial charge < -0.3 is 14.9 Å². The van der Waals surface area contributed by atoms with Crippen molar-refractivity contribution in [2.24, 2.45) is 5.92 Å². The molecule has 2 aliphatic heterocycles. The van der Waals surface area contributed by atoms with Crippen LogP contribution in [0, 0.1) is 5.92 Å². The first kappa shape index (κ1) is 14.3. The topological polar surface area (TPSA) is 107 Å². The van der Waals surface area contributed by atoms with E-state index in [1.54, 1.807) is 0 Å². The molecule has 110 valence electrons. The van der Waals surface area contributed by atoms with Crippen molar-refractivity contribution >= 4 is 23.8 Å². The number of carbonyl (C=O) groups excluding carboxylic acids is 3. The maximum Gasteiger partial charge on any atom is 0.326 e. The molecule has 0 aromatic heterocycles. The van der Waals surface area contributed by atoms with E-state index in [0.717, 1.165) is 4.90 Å². The molecule has 2 aliphatic rings. The molecule has 8 heteroatoms. The summed E-state index contributed by atoms with van der Waals surface area (Å²) in [6.45, 7) is 1.82. The summed E-state index contributed by atoms with van der Waals surface area (Å²) in [7, 11) is 0. The monoisotopic (exact) mass is 283 g/mol. The predicted octanol–water partition coefficient (Wildman–Crippen LogP) is -0.750. The quantitative estimate of drug-likeness (QED) is 0.616. The molecule has 0 saturated carbocycles. The number of carboxylic acids is 1. The van der Waals surface area contributed by atoms with Gasteiger partial charge in [-0.25, -0.2) is 9.59 Å². The number of likely N-dealkylation sites (tertiary alicyclic amines) is 1. The van der Waals surface area contributed by atoms with Gasteiger partial charge in [0.05, 0.1) is 0 Å². The summed E-state index contributed by atoms with van der Waals surface area (Å²) in [5.41, 5.74) is 0. The van der Waals surface area contributed by atoms with Crippen molar-refractivity contribution in [2.75, 3.05) is 19.6 Å². The first-order valence-corrected chi connectivity index (χ1v) is 6.49. The Hall–Kier alpha value is -2.12. The van der Waals surface area contributed by atoms with Gasteiger partial charge in [-0.2, -0.15) is 0 Å². The number of aliphatic carboxylic acids is 1. The lowest BCUT2D eigenvalue weighted by molar-refractivity contribution is -0.144. The van der Waals surface area contributed by atoms with Crippen LogP contribution >= 0.6 is 0 Å². The van der Waals surface area contributed by atoms with Crippen molar-refractivity contribution in [1.82, 2.24) is 15.1 Å². The summed E-state index contributed by atoms with van der Waals surface area (Å²) >= 11 is 0. The van der Waals surface area contributed by atoms with Crippen molar-refractivity contribution in [1.29, 1.82) is 0 Å². The van der Waals surface area contributed by atoms with Gasteiger partial charge in [-0.1, -0.05) is 6.92 Å². The molecule has 8 nitrogen and oxygen atoms in total. The maximum absolute atomic E-state index is 12.3. The van der Waals surface area contributed by atoms with Crippen LogP contribution in [-0.4, -0.2) is 64.4 Å². The van der Waals surface area contributed by atoms with Gasteiger partial charge >= 0.3 is 12.0 Å². The average Bonchev–Trinajstić information content (AvgIpc) is 2.36. The molecule has 0 aromatic carbocycles. The van der Waals surface area contributed by atoms with Crippen molar-refractivity contribution in [3.63, 3.8) is 0 Å². The molecule has 0 aliphatic carbocycles. The highest BCUT2D eigenvalue weighted by molar-refractivity contribution is 6.02. The van der Waals surface area contributed by atoms with Gasteiger partial charge in [-0.05, 0) is 18.8 Å². The Morgan fingerprint density at radius 1 is 1.25 bits per heavy atom. The lowest BCUT2D eigenvalue weighted by Gasteiger charge is -2.39. The van der Waals surface area contributed by atoms with Crippen LogP contribution in [0.5, 0.6) is 0 Å². The Balaban J connectivity index is 2.12. The van der Waals surface area contributed by atoms with E-state index in [-0.39, 0.29) is 19.0 Å². The largest absolute Gasteiger partial charge is 0.480 e. The summed E-state index contributed by atoms with van der Waals surface area (Å²) in [4.78, 5) is 48.5. The molecule has 2 fully saturated rings. The number of nitrogens with zero attached hydrogens (tertiary/aromatic N) is 2. The highest BCUT2D eigenvalue weighted by atomic mass is 16.4. The van der Waals surface area contributed by atoms with Crippen LogP contribution < -0.4 is 5.32 Å². The van der Waals surface area contributed by atoms with Gasteiger partial charge in [0.15, 0.2) is 0 Å². The fraction of sp³-hybridized carbons (Fsp3) is 0.667. The SMILES string of the molecule is CC1CCN(C(=O)N2CC(=O)NC(=O)C2)C(C(=O)O)C1. The molecule has 2 saturated heterocycles. The Bertz CT molecular complexity index is 448. The molecule has 0 spiro atoms. The third-order valence-corrected chi connectivity index (χ3v) is 3.61. The molecule has 2 rings (SSSR count). The number of imide groups is 1. The fourth-order valence-corrected chi connectivity index (χ4v) is 2.56. The number of rotatable bonds is 1. The number of piperazine rings is 1. The summed E-state index contributed by atoms with van der Waals surface area (Å²) in [6.07, 6.45) is 1.10. The fourth-order valence-electron chi connectivity index (χ4n) is 2.56. The number of hydrogen-bond acceptors (Lipinski definition) is 4. The molecule has 2 N–H and O–H groups in total. The molecule has 0 aromatic rings. The van der Waals surface area contributed by atoms with E-state index >= 15 is 0 Å². The van der Waals surface area contributed by atoms with Crippen molar-refractivity contribution in [2.45, 2.75) is 25.8 Å². The number of carboxylic acid groups (broad SMARTS) is 1. The number of hydrogen-bond donors (Lipinski definition) is 2. The number of carbonyl (C=O) groups is 4. The van der Waals surface area contributed by atoms with Gasteiger partial charge in [0, 0.05) is 6.54 Å². The van der Waals surface area contributed by atoms with Crippen LogP contribution in [0.3, 0.4) is 0 Å². The highest BCUT2D eigenvalue weighted by Gasteiger charge is 2.38. The van der Waals surface area contributed by atoms with E-state index in [2.05, 4.69) is 5.32 Å². The second-order valence-corrected chi connectivity index (χ2v) is 5.29. The second kappa shape index (κ2) is 5.48. The summed E-state index contributed by atoms with van der Waals surface area (Å²) in [6, 6.07) is -1.46. The lowest BCUT2D eigenvalue weighted by Crippen LogP contribution is -2.60. The van der Waals surface area contributed by atoms with Crippen LogP contribution in [0.1, 0.15) is 19.8 Å². The minimum Gasteiger partial charge on any atom is -0.480 e. The third kappa shape index (κ3) is 2.89. The number of nitrogens with one attached hydrogen (secondary N) is 1. The van der Waals surface area contributed by atoms with E-state index in [1.807, 2.05) is 6.92 Å². The predicted molar refractivity (Wildman–Crippen MR) is 66.6 cm³/mol. The van der Waals surface area contributed by atoms with Crippen LogP contribution in [0.15, 0.2) is 0 Å². The maximum atomic E-state index is 12.3. The van der Waals surface area contributed by atoms with Gasteiger partial charge in [0.2, 0.25) is 11.8 Å². The number of piperidine rings is 1. The van der Waals surface area contributed by atoms with E-state index in [9.17, 15) is 24.3 Å². The standard InChI is InChI=1S/C12H17N3O5/c1-7-2-3-15(8(4-7)11(18)19)12(20)14-5-9(16)13-10(17)6-14/h7-8H,2-6H2,1H3,(H,18,19)(H,13,16,17). The van der Waals surface area contributed by atoms with Crippen LogP contribution in [0.4, 0.5) is 4.79 Å². The van der Waals surface area contributed by atoms with Gasteiger partial charge in [0.25, 0.3) is 0 Å². The molecule has 2 unspecified atom stereocenters. The zero-order valence-corrected chi connectivity index (χ0v) is 11.2. The highest BCUT2D eigenvalue weighted by Crippen LogP contribution is 2.24. The van der Waals surface area contributed by atoms with Gasteiger partial charge in [-0.3, -0.25) is 14.9 Å². The smallest absolute Gasteiger partial charge is 0.326 e. The Morgan fingerprint density at radius 3 is 2.40 bits per heavy atom. The first-order valence-electron chi connectivity index (χ1n) is 6.49. The molecular weight excluding hydrogens is 266 g/mol. The normalized spacial score (nSPS) is 27.2. The minimum absolute atomic E-state index is 0.219. The third-order valence-electron chi connectivity index (χ3n) is 3.61.